The third kappa shape index (κ3) is 7.92. The molecule has 0 aromatic rings. The van der Waals surface area contributed by atoms with E-state index in [2.05, 4.69) is 6.92 Å². The van der Waals surface area contributed by atoms with Crippen LogP contribution in [0.5, 0.6) is 0 Å². The summed E-state index contributed by atoms with van der Waals surface area (Å²) in [6, 6.07) is 0. The largest absolute Gasteiger partial charge is 0.473 e. The lowest BCUT2D eigenvalue weighted by Crippen LogP contribution is -1.99. The molecular formula is C9H18O2S. The highest BCUT2D eigenvalue weighted by atomic mass is 32.2. The van der Waals surface area contributed by atoms with Gasteiger partial charge in [0.15, 0.2) is 0 Å². The molecule has 0 aliphatic carbocycles. The van der Waals surface area contributed by atoms with Crippen LogP contribution in [0.4, 0.5) is 4.79 Å². The van der Waals surface area contributed by atoms with Crippen LogP contribution in [0.3, 0.4) is 0 Å². The summed E-state index contributed by atoms with van der Waals surface area (Å²) in [7, 11) is 0. The Labute approximate surface area is 78.7 Å². The quantitative estimate of drug-likeness (QED) is 0.648. The molecular weight excluding hydrogens is 172 g/mol. The first-order chi connectivity index (χ1) is 5.66. The summed E-state index contributed by atoms with van der Waals surface area (Å²) in [6.07, 6.45) is 5.93. The van der Waals surface area contributed by atoms with Crippen molar-refractivity contribution in [2.24, 2.45) is 0 Å². The molecule has 0 aromatic heterocycles. The molecule has 1 unspecified atom stereocenters. The van der Waals surface area contributed by atoms with Crippen LogP contribution in [-0.2, 0) is 0 Å². The lowest BCUT2D eigenvalue weighted by atomic mass is 10.1. The van der Waals surface area contributed by atoms with Crippen molar-refractivity contribution in [3.63, 3.8) is 0 Å². The van der Waals surface area contributed by atoms with E-state index in [4.69, 9.17) is 5.11 Å². The molecule has 0 rings (SSSR count). The second-order valence-corrected chi connectivity index (χ2v) is 4.43. The van der Waals surface area contributed by atoms with Crippen LogP contribution < -0.4 is 0 Å². The van der Waals surface area contributed by atoms with Crippen molar-refractivity contribution in [2.75, 3.05) is 0 Å². The second-order valence-electron chi connectivity index (χ2n) is 3.04. The van der Waals surface area contributed by atoms with Gasteiger partial charge in [0.05, 0.1) is 0 Å². The van der Waals surface area contributed by atoms with Gasteiger partial charge in [0.25, 0.3) is 0 Å². The fourth-order valence-corrected chi connectivity index (χ4v) is 1.72. The van der Waals surface area contributed by atoms with Crippen molar-refractivity contribution in [3.8, 4) is 0 Å². The van der Waals surface area contributed by atoms with E-state index in [9.17, 15) is 4.79 Å². The van der Waals surface area contributed by atoms with Gasteiger partial charge in [-0.1, -0.05) is 39.5 Å². The smallest absolute Gasteiger partial charge is 0.365 e. The fraction of sp³-hybridized carbons (Fsp3) is 0.889. The van der Waals surface area contributed by atoms with E-state index in [1.165, 1.54) is 19.3 Å². The number of carboxylic acid groups (broad SMARTS) is 1. The van der Waals surface area contributed by atoms with E-state index in [1.807, 2.05) is 6.92 Å². The Morgan fingerprint density at radius 1 is 1.42 bits per heavy atom. The van der Waals surface area contributed by atoms with E-state index in [0.717, 1.165) is 24.6 Å². The van der Waals surface area contributed by atoms with Gasteiger partial charge >= 0.3 is 5.30 Å². The van der Waals surface area contributed by atoms with E-state index in [-0.39, 0.29) is 5.25 Å². The molecule has 1 N–H and O–H groups in total. The summed E-state index contributed by atoms with van der Waals surface area (Å²) in [4.78, 5) is 10.3. The highest BCUT2D eigenvalue weighted by Crippen LogP contribution is 2.17. The summed E-state index contributed by atoms with van der Waals surface area (Å²) in [6.45, 7) is 4.15. The summed E-state index contributed by atoms with van der Waals surface area (Å²) in [5.74, 6) is 0. The van der Waals surface area contributed by atoms with Crippen LogP contribution in [0, 0.1) is 0 Å². The van der Waals surface area contributed by atoms with Crippen molar-refractivity contribution in [1.82, 2.24) is 0 Å². The van der Waals surface area contributed by atoms with Gasteiger partial charge in [-0.05, 0) is 18.2 Å². The Morgan fingerprint density at radius 2 is 2.08 bits per heavy atom. The van der Waals surface area contributed by atoms with Crippen molar-refractivity contribution in [2.45, 2.75) is 51.2 Å². The van der Waals surface area contributed by atoms with E-state index in [0.29, 0.717) is 0 Å². The fourth-order valence-electron chi connectivity index (χ4n) is 1.09. The van der Waals surface area contributed by atoms with E-state index >= 15 is 0 Å². The number of carbonyl (C=O) groups is 1. The maximum absolute atomic E-state index is 10.3. The van der Waals surface area contributed by atoms with Crippen molar-refractivity contribution < 1.29 is 9.90 Å². The maximum atomic E-state index is 10.3. The normalized spacial score (nSPS) is 12.8. The lowest BCUT2D eigenvalue weighted by molar-refractivity contribution is 0.222. The topological polar surface area (TPSA) is 37.3 Å². The number of unbranched alkanes of at least 4 members (excludes halogenated alkanes) is 3. The summed E-state index contributed by atoms with van der Waals surface area (Å²) >= 11 is 1.03. The Bertz CT molecular complexity index is 126. The lowest BCUT2D eigenvalue weighted by Gasteiger charge is -2.06. The number of rotatable bonds is 6. The first-order valence-corrected chi connectivity index (χ1v) is 5.44. The van der Waals surface area contributed by atoms with Gasteiger partial charge in [-0.15, -0.1) is 0 Å². The molecule has 0 aromatic carbocycles. The van der Waals surface area contributed by atoms with Crippen molar-refractivity contribution in [3.05, 3.63) is 0 Å². The Kier molecular flexibility index (Phi) is 7.36. The molecule has 0 amide bonds. The standard InChI is InChI=1S/C9H18O2S/c1-3-4-5-6-7-8(2)12-9(10)11/h8H,3-7H2,1-2H3,(H,10,11). The van der Waals surface area contributed by atoms with Crippen molar-refractivity contribution in [1.29, 1.82) is 0 Å². The van der Waals surface area contributed by atoms with Crippen LogP contribution in [0.2, 0.25) is 0 Å². The highest BCUT2D eigenvalue weighted by molar-refractivity contribution is 8.13. The molecule has 0 saturated carbocycles. The van der Waals surface area contributed by atoms with Crippen LogP contribution in [0.15, 0.2) is 0 Å². The van der Waals surface area contributed by atoms with Gasteiger partial charge in [0.1, 0.15) is 0 Å². The van der Waals surface area contributed by atoms with Crippen LogP contribution in [0.25, 0.3) is 0 Å². The zero-order valence-electron chi connectivity index (χ0n) is 7.88. The summed E-state index contributed by atoms with van der Waals surface area (Å²) < 4.78 is 0. The highest BCUT2D eigenvalue weighted by Gasteiger charge is 2.06. The second kappa shape index (κ2) is 7.47. The Morgan fingerprint density at radius 3 is 2.58 bits per heavy atom. The number of hydrogen-bond acceptors (Lipinski definition) is 2. The zero-order chi connectivity index (χ0) is 9.40. The van der Waals surface area contributed by atoms with E-state index < -0.39 is 5.30 Å². The van der Waals surface area contributed by atoms with Crippen LogP contribution in [0.1, 0.15) is 46.0 Å². The molecule has 0 heterocycles. The van der Waals surface area contributed by atoms with E-state index in [1.54, 1.807) is 0 Å². The SMILES string of the molecule is CCCCCCC(C)SC(=O)O. The van der Waals surface area contributed by atoms with Crippen LogP contribution >= 0.6 is 11.8 Å². The summed E-state index contributed by atoms with van der Waals surface area (Å²) in [5.41, 5.74) is 0. The van der Waals surface area contributed by atoms with Crippen molar-refractivity contribution >= 4 is 17.1 Å². The minimum absolute atomic E-state index is 0.263. The predicted molar refractivity (Wildman–Crippen MR) is 53.8 cm³/mol. The van der Waals surface area contributed by atoms with Crippen LogP contribution in [-0.4, -0.2) is 15.7 Å². The number of thioether (sulfide) groups is 1. The summed E-state index contributed by atoms with van der Waals surface area (Å²) in [5, 5.41) is 7.96. The van der Waals surface area contributed by atoms with Gasteiger partial charge in [0.2, 0.25) is 0 Å². The molecule has 0 saturated heterocycles. The molecule has 12 heavy (non-hydrogen) atoms. The van der Waals surface area contributed by atoms with Gasteiger partial charge < -0.3 is 5.11 Å². The third-order valence-corrected chi connectivity index (χ3v) is 2.61. The monoisotopic (exact) mass is 190 g/mol. The molecule has 0 aliphatic rings. The molecule has 1 atom stereocenters. The van der Waals surface area contributed by atoms with Gasteiger partial charge in [-0.2, -0.15) is 0 Å². The molecule has 3 heteroatoms. The van der Waals surface area contributed by atoms with Gasteiger partial charge in [0, 0.05) is 5.25 Å². The molecule has 0 radical (unpaired) electrons. The average Bonchev–Trinajstić information content (AvgIpc) is 1.97. The molecule has 0 bridgehead atoms. The average molecular weight is 190 g/mol. The molecule has 0 fully saturated rings. The van der Waals surface area contributed by atoms with Gasteiger partial charge in [-0.25, -0.2) is 4.79 Å². The Balaban J connectivity index is 3.19. The zero-order valence-corrected chi connectivity index (χ0v) is 8.69. The molecule has 72 valence electrons. The predicted octanol–water partition coefficient (Wildman–Crippen LogP) is 3.76. The molecule has 0 aliphatic heterocycles. The Hall–Kier alpha value is -0.180. The third-order valence-electron chi connectivity index (χ3n) is 1.77. The minimum atomic E-state index is -0.752. The maximum Gasteiger partial charge on any atom is 0.365 e. The molecule has 0 spiro atoms. The first-order valence-electron chi connectivity index (χ1n) is 4.56. The number of hydrogen-bond donors (Lipinski definition) is 1. The minimum Gasteiger partial charge on any atom is -0.473 e. The first kappa shape index (κ1) is 11.8. The van der Waals surface area contributed by atoms with Gasteiger partial charge in [-0.3, -0.25) is 0 Å². The molecule has 2 nitrogen and oxygen atoms in total.